The molecule has 14 heavy (non-hydrogen) atoms. The first-order chi connectivity index (χ1) is 6.70. The van der Waals surface area contributed by atoms with E-state index in [0.717, 1.165) is 25.1 Å². The van der Waals surface area contributed by atoms with Gasteiger partial charge in [0.1, 0.15) is 0 Å². The fourth-order valence-corrected chi connectivity index (χ4v) is 5.14. The molecule has 0 bridgehead atoms. The summed E-state index contributed by atoms with van der Waals surface area (Å²) in [5.74, 6) is 1.36. The van der Waals surface area contributed by atoms with Gasteiger partial charge in [-0.3, -0.25) is 0 Å². The Morgan fingerprint density at radius 1 is 1.36 bits per heavy atom. The van der Waals surface area contributed by atoms with Gasteiger partial charge >= 0.3 is 0 Å². The fraction of sp³-hybridized carbons (Fsp3) is 1.00. The number of thioether (sulfide) groups is 1. The van der Waals surface area contributed by atoms with Gasteiger partial charge in [-0.1, -0.05) is 0 Å². The highest BCUT2D eigenvalue weighted by molar-refractivity contribution is 8.01. The van der Waals surface area contributed by atoms with Crippen molar-refractivity contribution in [1.82, 2.24) is 9.62 Å². The van der Waals surface area contributed by atoms with Gasteiger partial charge in [0.2, 0.25) is 10.0 Å². The van der Waals surface area contributed by atoms with Crippen molar-refractivity contribution in [3.8, 4) is 0 Å². The summed E-state index contributed by atoms with van der Waals surface area (Å²) in [4.78, 5) is 0. The molecule has 2 fully saturated rings. The minimum atomic E-state index is -2.99. The maximum absolute atomic E-state index is 11.9. The summed E-state index contributed by atoms with van der Waals surface area (Å²) in [6, 6.07) is 0. The van der Waals surface area contributed by atoms with Crippen molar-refractivity contribution in [3.63, 3.8) is 0 Å². The average molecular weight is 236 g/mol. The highest BCUT2D eigenvalue weighted by atomic mass is 32.2. The molecule has 2 saturated heterocycles. The predicted octanol–water partition coefficient (Wildman–Crippen LogP) is 0.0745. The Balaban J connectivity index is 2.12. The highest BCUT2D eigenvalue weighted by Gasteiger charge is 2.32. The van der Waals surface area contributed by atoms with Crippen LogP contribution in [0.4, 0.5) is 0 Å². The Hall–Kier alpha value is 0.220. The standard InChI is InChI=1S/C8H16N2O2S2/c11-14(12)7-4-9-3-5-10(14)8-2-1-6-13-8/h8-9H,1-7H2. The quantitative estimate of drug-likeness (QED) is 0.700. The lowest BCUT2D eigenvalue weighted by atomic mass is 10.3. The van der Waals surface area contributed by atoms with E-state index in [9.17, 15) is 8.42 Å². The second-order valence-corrected chi connectivity index (χ2v) is 6.97. The van der Waals surface area contributed by atoms with Crippen LogP contribution in [0.15, 0.2) is 0 Å². The van der Waals surface area contributed by atoms with Crippen LogP contribution in [0.3, 0.4) is 0 Å². The van der Waals surface area contributed by atoms with Gasteiger partial charge in [0.05, 0.1) is 11.1 Å². The van der Waals surface area contributed by atoms with Gasteiger partial charge < -0.3 is 5.32 Å². The molecule has 1 unspecified atom stereocenters. The lowest BCUT2D eigenvalue weighted by Gasteiger charge is -2.24. The summed E-state index contributed by atoms with van der Waals surface area (Å²) in [6.07, 6.45) is 2.17. The van der Waals surface area contributed by atoms with Crippen molar-refractivity contribution in [2.24, 2.45) is 0 Å². The molecule has 0 aliphatic carbocycles. The molecule has 2 rings (SSSR count). The molecule has 2 heterocycles. The van der Waals surface area contributed by atoms with Crippen LogP contribution in [0.25, 0.3) is 0 Å². The molecule has 1 N–H and O–H groups in total. The van der Waals surface area contributed by atoms with E-state index >= 15 is 0 Å². The van der Waals surface area contributed by atoms with Gasteiger partial charge in [0, 0.05) is 19.6 Å². The van der Waals surface area contributed by atoms with E-state index in [-0.39, 0.29) is 11.1 Å². The number of sulfonamides is 1. The minimum Gasteiger partial charge on any atom is -0.314 e. The van der Waals surface area contributed by atoms with Gasteiger partial charge in [-0.15, -0.1) is 11.8 Å². The molecule has 82 valence electrons. The van der Waals surface area contributed by atoms with Crippen LogP contribution < -0.4 is 5.32 Å². The zero-order chi connectivity index (χ0) is 10.0. The van der Waals surface area contributed by atoms with E-state index in [0.29, 0.717) is 13.1 Å². The summed E-state index contributed by atoms with van der Waals surface area (Å²) in [7, 11) is -2.99. The molecule has 0 aromatic rings. The third-order valence-corrected chi connectivity index (χ3v) is 6.03. The van der Waals surface area contributed by atoms with E-state index < -0.39 is 10.0 Å². The van der Waals surface area contributed by atoms with Crippen LogP contribution in [-0.2, 0) is 10.0 Å². The molecular formula is C8H16N2O2S2. The lowest BCUT2D eigenvalue weighted by molar-refractivity contribution is 0.394. The highest BCUT2D eigenvalue weighted by Crippen LogP contribution is 2.31. The molecule has 1 atom stereocenters. The molecule has 6 heteroatoms. The second-order valence-electron chi connectivity index (χ2n) is 3.64. The number of rotatable bonds is 1. The van der Waals surface area contributed by atoms with E-state index in [2.05, 4.69) is 5.32 Å². The van der Waals surface area contributed by atoms with Crippen molar-refractivity contribution in [3.05, 3.63) is 0 Å². The number of hydrogen-bond donors (Lipinski definition) is 1. The van der Waals surface area contributed by atoms with Crippen molar-refractivity contribution >= 4 is 21.8 Å². The maximum atomic E-state index is 11.9. The molecule has 0 radical (unpaired) electrons. The Morgan fingerprint density at radius 2 is 2.21 bits per heavy atom. The lowest BCUT2D eigenvalue weighted by Crippen LogP contribution is -2.39. The SMILES string of the molecule is O=S1(=O)CCNCCN1C1CCCS1. The van der Waals surface area contributed by atoms with Crippen molar-refractivity contribution < 1.29 is 8.42 Å². The number of hydrogen-bond acceptors (Lipinski definition) is 4. The molecule has 0 aromatic heterocycles. The van der Waals surface area contributed by atoms with Gasteiger partial charge in [-0.2, -0.15) is 4.31 Å². The smallest absolute Gasteiger partial charge is 0.216 e. The summed E-state index contributed by atoms with van der Waals surface area (Å²) >= 11 is 1.78. The van der Waals surface area contributed by atoms with Crippen LogP contribution in [0.2, 0.25) is 0 Å². The maximum Gasteiger partial charge on any atom is 0.216 e. The largest absolute Gasteiger partial charge is 0.314 e. The Morgan fingerprint density at radius 3 is 2.93 bits per heavy atom. The second kappa shape index (κ2) is 4.38. The molecule has 0 amide bonds. The van der Waals surface area contributed by atoms with Crippen LogP contribution in [0, 0.1) is 0 Å². The Kier molecular flexibility index (Phi) is 3.36. The van der Waals surface area contributed by atoms with E-state index in [1.807, 2.05) is 0 Å². The Labute approximate surface area is 89.5 Å². The van der Waals surface area contributed by atoms with E-state index in [4.69, 9.17) is 0 Å². The topological polar surface area (TPSA) is 49.4 Å². The van der Waals surface area contributed by atoms with Crippen LogP contribution >= 0.6 is 11.8 Å². The van der Waals surface area contributed by atoms with Crippen molar-refractivity contribution in [1.29, 1.82) is 0 Å². The van der Waals surface area contributed by atoms with Gasteiger partial charge in [-0.05, 0) is 18.6 Å². The third kappa shape index (κ3) is 2.24. The van der Waals surface area contributed by atoms with Gasteiger partial charge in [-0.25, -0.2) is 8.42 Å². The molecule has 2 aliphatic rings. The van der Waals surface area contributed by atoms with Gasteiger partial charge in [0.15, 0.2) is 0 Å². The van der Waals surface area contributed by atoms with Crippen LogP contribution in [-0.4, -0.2) is 49.2 Å². The normalized spacial score (nSPS) is 34.1. The molecule has 0 saturated carbocycles. The van der Waals surface area contributed by atoms with E-state index in [1.165, 1.54) is 0 Å². The predicted molar refractivity (Wildman–Crippen MR) is 58.8 cm³/mol. The van der Waals surface area contributed by atoms with Crippen LogP contribution in [0.1, 0.15) is 12.8 Å². The zero-order valence-electron chi connectivity index (χ0n) is 8.11. The summed E-state index contributed by atoms with van der Waals surface area (Å²) in [5, 5.41) is 3.33. The first kappa shape index (κ1) is 10.7. The number of nitrogens with one attached hydrogen (secondary N) is 1. The Bertz CT molecular complexity index is 286. The summed E-state index contributed by atoms with van der Waals surface area (Å²) in [6.45, 7) is 2.02. The minimum absolute atomic E-state index is 0.208. The molecule has 0 spiro atoms. The average Bonchev–Trinajstić information content (AvgIpc) is 2.57. The first-order valence-electron chi connectivity index (χ1n) is 5.02. The fourth-order valence-electron chi connectivity index (χ4n) is 1.88. The summed E-state index contributed by atoms with van der Waals surface area (Å²) < 4.78 is 25.4. The van der Waals surface area contributed by atoms with Crippen LogP contribution in [0.5, 0.6) is 0 Å². The molecule has 0 aromatic carbocycles. The first-order valence-corrected chi connectivity index (χ1v) is 7.68. The molecular weight excluding hydrogens is 220 g/mol. The number of nitrogens with zero attached hydrogens (tertiary/aromatic N) is 1. The van der Waals surface area contributed by atoms with Crippen molar-refractivity contribution in [2.75, 3.05) is 31.1 Å². The zero-order valence-corrected chi connectivity index (χ0v) is 9.74. The van der Waals surface area contributed by atoms with Gasteiger partial charge in [0.25, 0.3) is 0 Å². The van der Waals surface area contributed by atoms with E-state index in [1.54, 1.807) is 16.1 Å². The monoisotopic (exact) mass is 236 g/mol. The molecule has 4 nitrogen and oxygen atoms in total. The summed E-state index contributed by atoms with van der Waals surface area (Å²) in [5.41, 5.74) is 0. The molecule has 2 aliphatic heterocycles. The third-order valence-electron chi connectivity index (χ3n) is 2.63. The van der Waals surface area contributed by atoms with Crippen molar-refractivity contribution in [2.45, 2.75) is 18.2 Å².